The second-order valence-electron chi connectivity index (χ2n) is 2.94. The van der Waals surface area contributed by atoms with Crippen molar-refractivity contribution in [3.63, 3.8) is 0 Å². The SMILES string of the molecule is Fc1[c-]c(F)c(Cl)cc1.Fc1[c-]c(F)c(Cl)cc1.[Ti+2]. The summed E-state index contributed by atoms with van der Waals surface area (Å²) < 4.78 is 48.3. The van der Waals surface area contributed by atoms with Crippen LogP contribution in [0.3, 0.4) is 0 Å². The molecule has 0 N–H and O–H groups in total. The Bertz CT molecular complexity index is 500. The topological polar surface area (TPSA) is 0 Å². The smallest absolute Gasteiger partial charge is 0.236 e. The summed E-state index contributed by atoms with van der Waals surface area (Å²) >= 11 is 10.4. The maximum absolute atomic E-state index is 12.2. The summed E-state index contributed by atoms with van der Waals surface area (Å²) in [7, 11) is 0. The Balaban J connectivity index is 0.000000324. The summed E-state index contributed by atoms with van der Waals surface area (Å²) in [6.45, 7) is 0. The maximum atomic E-state index is 12.2. The van der Waals surface area contributed by atoms with Gasteiger partial charge in [0.15, 0.2) is 0 Å². The minimum Gasteiger partial charge on any atom is -0.236 e. The standard InChI is InChI=1S/2C6H2ClF2.Ti/c2*7-5-2-1-4(8)3-6(5)9;/h2*1-2H;/q2*-1;+2. The predicted octanol–water partition coefficient (Wildman–Crippen LogP) is 4.83. The molecule has 0 amide bonds. The van der Waals surface area contributed by atoms with Crippen molar-refractivity contribution < 1.29 is 39.3 Å². The van der Waals surface area contributed by atoms with E-state index in [1.54, 1.807) is 12.1 Å². The molecule has 0 heterocycles. The molecule has 0 radical (unpaired) electrons. The molecule has 2 rings (SSSR count). The van der Waals surface area contributed by atoms with E-state index in [0.29, 0.717) is 0 Å². The summed E-state index contributed by atoms with van der Waals surface area (Å²) in [6, 6.07) is 7.92. The maximum Gasteiger partial charge on any atom is 2.00 e. The zero-order valence-electron chi connectivity index (χ0n) is 9.08. The van der Waals surface area contributed by atoms with Gasteiger partial charge in [0.25, 0.3) is 0 Å². The molecule has 0 saturated carbocycles. The van der Waals surface area contributed by atoms with Crippen molar-refractivity contribution in [1.29, 1.82) is 0 Å². The van der Waals surface area contributed by atoms with Crippen molar-refractivity contribution in [2.75, 3.05) is 0 Å². The molecule has 2 aromatic rings. The molecule has 98 valence electrons. The first kappa shape index (κ1) is 18.5. The van der Waals surface area contributed by atoms with Gasteiger partial charge in [-0.1, -0.05) is 0 Å². The molecule has 0 saturated heterocycles. The number of hydrogen-bond donors (Lipinski definition) is 0. The average molecular weight is 343 g/mol. The Kier molecular flexibility index (Phi) is 8.34. The molecular weight excluding hydrogens is 339 g/mol. The van der Waals surface area contributed by atoms with Crippen LogP contribution in [0.2, 0.25) is 10.0 Å². The van der Waals surface area contributed by atoms with Gasteiger partial charge in [-0.2, -0.15) is 23.2 Å². The van der Waals surface area contributed by atoms with Gasteiger partial charge >= 0.3 is 21.7 Å². The molecule has 0 aromatic heterocycles. The van der Waals surface area contributed by atoms with Crippen LogP contribution >= 0.6 is 23.2 Å². The van der Waals surface area contributed by atoms with Crippen LogP contribution in [0.4, 0.5) is 17.6 Å². The van der Waals surface area contributed by atoms with Gasteiger partial charge in [-0.25, -0.2) is 17.6 Å². The van der Waals surface area contributed by atoms with Crippen molar-refractivity contribution in [2.45, 2.75) is 0 Å². The van der Waals surface area contributed by atoms with Gasteiger partial charge in [-0.3, -0.25) is 0 Å². The average Bonchev–Trinajstić information content (AvgIpc) is 2.30. The van der Waals surface area contributed by atoms with E-state index in [-0.39, 0.29) is 31.8 Å². The van der Waals surface area contributed by atoms with Gasteiger partial charge in [0, 0.05) is 23.3 Å². The summed E-state index contributed by atoms with van der Waals surface area (Å²) in [6.07, 6.45) is 0. The molecule has 7 heteroatoms. The first-order chi connectivity index (χ1) is 8.40. The van der Waals surface area contributed by atoms with Crippen molar-refractivity contribution in [3.8, 4) is 0 Å². The molecule has 0 aliphatic carbocycles. The van der Waals surface area contributed by atoms with Crippen LogP contribution in [0.1, 0.15) is 0 Å². The van der Waals surface area contributed by atoms with E-state index in [1.807, 2.05) is 0 Å². The second-order valence-corrected chi connectivity index (χ2v) is 3.75. The van der Waals surface area contributed by atoms with Crippen LogP contribution in [-0.2, 0) is 21.7 Å². The van der Waals surface area contributed by atoms with Crippen molar-refractivity contribution in [1.82, 2.24) is 0 Å². The van der Waals surface area contributed by atoms with Gasteiger partial charge in [0.2, 0.25) is 0 Å². The Morgan fingerprint density at radius 1 is 0.684 bits per heavy atom. The summed E-state index contributed by atoms with van der Waals surface area (Å²) in [5, 5.41) is -0.229. The second kappa shape index (κ2) is 8.59. The number of benzene rings is 2. The molecule has 0 unspecified atom stereocenters. The van der Waals surface area contributed by atoms with E-state index >= 15 is 0 Å². The predicted molar refractivity (Wildman–Crippen MR) is 60.4 cm³/mol. The van der Waals surface area contributed by atoms with Gasteiger partial charge in [-0.05, 0) is 10.0 Å². The van der Waals surface area contributed by atoms with E-state index in [9.17, 15) is 17.6 Å². The van der Waals surface area contributed by atoms with Gasteiger partial charge in [0.05, 0.1) is 0 Å². The summed E-state index contributed by atoms with van der Waals surface area (Å²) in [4.78, 5) is 0. The number of rotatable bonds is 0. The van der Waals surface area contributed by atoms with E-state index in [4.69, 9.17) is 23.2 Å². The minimum absolute atomic E-state index is 0. The zero-order chi connectivity index (χ0) is 13.7. The first-order valence-electron chi connectivity index (χ1n) is 4.46. The van der Waals surface area contributed by atoms with Crippen LogP contribution in [0.5, 0.6) is 0 Å². The van der Waals surface area contributed by atoms with Crippen molar-refractivity contribution in [3.05, 3.63) is 69.7 Å². The van der Waals surface area contributed by atoms with Crippen LogP contribution in [-0.4, -0.2) is 0 Å². The van der Waals surface area contributed by atoms with Gasteiger partial charge in [-0.15, -0.1) is 36.4 Å². The van der Waals surface area contributed by atoms with Gasteiger partial charge in [0.1, 0.15) is 0 Å². The fourth-order valence-electron chi connectivity index (χ4n) is 0.851. The molecule has 0 aliphatic rings. The molecule has 0 spiro atoms. The number of halogens is 6. The fraction of sp³-hybridized carbons (Fsp3) is 0. The fourth-order valence-corrected chi connectivity index (χ4v) is 1.07. The van der Waals surface area contributed by atoms with E-state index in [2.05, 4.69) is 0 Å². The van der Waals surface area contributed by atoms with Crippen LogP contribution < -0.4 is 0 Å². The normalized spacial score (nSPS) is 9.16. The van der Waals surface area contributed by atoms with Crippen molar-refractivity contribution in [2.24, 2.45) is 0 Å². The molecular formula is C12H4Cl2F4Ti. The minimum atomic E-state index is -0.850. The van der Waals surface area contributed by atoms with Crippen LogP contribution in [0.25, 0.3) is 0 Å². The van der Waals surface area contributed by atoms with Crippen LogP contribution in [0, 0.1) is 35.4 Å². The van der Waals surface area contributed by atoms with Crippen LogP contribution in [0.15, 0.2) is 24.3 Å². The molecule has 0 aliphatic heterocycles. The molecule has 2 aromatic carbocycles. The zero-order valence-corrected chi connectivity index (χ0v) is 12.2. The number of hydrogen-bond acceptors (Lipinski definition) is 0. The Hall–Kier alpha value is -0.546. The molecule has 19 heavy (non-hydrogen) atoms. The van der Waals surface area contributed by atoms with E-state index in [0.717, 1.165) is 24.3 Å². The molecule has 0 atom stereocenters. The third-order valence-corrected chi connectivity index (χ3v) is 2.21. The third kappa shape index (κ3) is 6.43. The Labute approximate surface area is 132 Å². The molecule has 0 bridgehead atoms. The van der Waals surface area contributed by atoms with E-state index < -0.39 is 23.3 Å². The Morgan fingerprint density at radius 2 is 1.00 bits per heavy atom. The molecule has 0 fully saturated rings. The summed E-state index contributed by atoms with van der Waals surface area (Å²) in [5.74, 6) is -3.18. The van der Waals surface area contributed by atoms with E-state index in [1.165, 1.54) is 0 Å². The van der Waals surface area contributed by atoms with Crippen molar-refractivity contribution >= 4 is 23.2 Å². The largest absolute Gasteiger partial charge is 2.00 e. The molecule has 0 nitrogen and oxygen atoms in total. The Morgan fingerprint density at radius 3 is 1.21 bits per heavy atom. The third-order valence-electron chi connectivity index (χ3n) is 1.63. The summed E-state index contributed by atoms with van der Waals surface area (Å²) in [5.41, 5.74) is 0. The quantitative estimate of drug-likeness (QED) is 0.278. The first-order valence-corrected chi connectivity index (χ1v) is 5.21. The monoisotopic (exact) mass is 342 g/mol. The van der Waals surface area contributed by atoms with Gasteiger partial charge < -0.3 is 0 Å².